The molecule has 4 saturated heterocycles. The van der Waals surface area contributed by atoms with E-state index < -0.39 is 24.0 Å². The van der Waals surface area contributed by atoms with E-state index >= 15 is 0 Å². The molecule has 1 saturated carbocycles. The summed E-state index contributed by atoms with van der Waals surface area (Å²) in [5, 5.41) is 3.43. The fourth-order valence-corrected chi connectivity index (χ4v) is 5.99. The molecule has 7 heteroatoms. The van der Waals surface area contributed by atoms with Crippen LogP contribution in [0.15, 0.2) is 30.3 Å². The van der Waals surface area contributed by atoms with Crippen LogP contribution in [-0.4, -0.2) is 29.1 Å². The molecule has 2 unspecified atom stereocenters. The average molecular weight is 420 g/mol. The second-order valence-electron chi connectivity index (χ2n) is 9.17. The monoisotopic (exact) mass is 419 g/mol. The van der Waals surface area contributed by atoms with Crippen LogP contribution < -0.4 is 5.32 Å². The molecule has 4 aliphatic heterocycles. The van der Waals surface area contributed by atoms with Gasteiger partial charge >= 0.3 is 0 Å². The van der Waals surface area contributed by atoms with Crippen LogP contribution in [0, 0.1) is 23.7 Å². The molecule has 6 nitrogen and oxygen atoms in total. The highest BCUT2D eigenvalue weighted by molar-refractivity contribution is 7.80. The van der Waals surface area contributed by atoms with E-state index in [4.69, 9.17) is 36.2 Å². The zero-order valence-electron chi connectivity index (χ0n) is 17.1. The van der Waals surface area contributed by atoms with E-state index in [1.165, 1.54) is 0 Å². The zero-order chi connectivity index (χ0) is 20.2. The maximum absolute atomic E-state index is 6.39. The van der Waals surface area contributed by atoms with Gasteiger partial charge in [0.2, 0.25) is 12.1 Å². The Labute approximate surface area is 177 Å². The Hall–Kier alpha value is -1.25. The van der Waals surface area contributed by atoms with Gasteiger partial charge in [0.1, 0.15) is 0 Å². The molecule has 0 radical (unpaired) electrons. The van der Waals surface area contributed by atoms with Crippen LogP contribution in [0.4, 0.5) is 5.69 Å². The van der Waals surface area contributed by atoms with E-state index in [0.29, 0.717) is 17.0 Å². The molecule has 29 heavy (non-hydrogen) atoms. The number of ether oxygens (including phenoxy) is 3. The molecular weight excluding hydrogens is 390 g/mol. The van der Waals surface area contributed by atoms with Crippen LogP contribution in [0.5, 0.6) is 0 Å². The third-order valence-electron chi connectivity index (χ3n) is 7.34. The third-order valence-corrected chi connectivity index (χ3v) is 7.54. The number of nitrogens with one attached hydrogen (secondary N) is 1. The highest BCUT2D eigenvalue weighted by atomic mass is 32.1. The number of hydrogen-bond acceptors (Lipinski definition) is 6. The van der Waals surface area contributed by atoms with E-state index in [1.807, 2.05) is 37.3 Å². The van der Waals surface area contributed by atoms with Gasteiger partial charge < -0.3 is 19.5 Å². The lowest BCUT2D eigenvalue weighted by molar-refractivity contribution is -0.576. The normalized spacial score (nSPS) is 45.8. The first-order valence-electron chi connectivity index (χ1n) is 10.6. The Morgan fingerprint density at radius 3 is 2.69 bits per heavy atom. The van der Waals surface area contributed by atoms with Crippen molar-refractivity contribution in [2.24, 2.45) is 23.7 Å². The van der Waals surface area contributed by atoms with Crippen LogP contribution in [-0.2, 0) is 24.0 Å². The molecule has 5 aliphatic rings. The molecule has 6 rings (SSSR count). The first-order chi connectivity index (χ1) is 13.9. The lowest BCUT2D eigenvalue weighted by atomic mass is 9.58. The molecule has 1 N–H and O–H groups in total. The van der Waals surface area contributed by atoms with Gasteiger partial charge in [0.25, 0.3) is 5.17 Å². The third kappa shape index (κ3) is 3.18. The Morgan fingerprint density at radius 1 is 1.10 bits per heavy atom. The summed E-state index contributed by atoms with van der Waals surface area (Å²) in [6.45, 7) is 6.39. The van der Waals surface area contributed by atoms with Crippen molar-refractivity contribution >= 4 is 23.1 Å². The van der Waals surface area contributed by atoms with Crippen molar-refractivity contribution in [3.63, 3.8) is 0 Å². The highest BCUT2D eigenvalue weighted by Gasteiger charge is 2.69. The quantitative estimate of drug-likeness (QED) is 0.555. The predicted octanol–water partition coefficient (Wildman–Crippen LogP) is 4.61. The molecule has 1 aromatic rings. The first kappa shape index (κ1) is 19.7. The van der Waals surface area contributed by atoms with Gasteiger partial charge in [0.05, 0.1) is 0 Å². The Kier molecular flexibility index (Phi) is 4.87. The Balaban J connectivity index is 1.39. The van der Waals surface area contributed by atoms with Gasteiger partial charge in [-0.15, -0.1) is 0 Å². The summed E-state index contributed by atoms with van der Waals surface area (Å²) in [6, 6.07) is 9.75. The molecule has 1 aromatic carbocycles. The van der Waals surface area contributed by atoms with E-state index in [-0.39, 0.29) is 11.8 Å². The number of rotatable bonds is 2. The zero-order valence-corrected chi connectivity index (χ0v) is 17.9. The maximum atomic E-state index is 6.39. The van der Waals surface area contributed by atoms with E-state index in [2.05, 4.69) is 19.2 Å². The van der Waals surface area contributed by atoms with Crippen molar-refractivity contribution in [1.29, 1.82) is 0 Å². The first-order valence-corrected chi connectivity index (χ1v) is 11.0. The summed E-state index contributed by atoms with van der Waals surface area (Å²) >= 11 is 5.45. The van der Waals surface area contributed by atoms with Crippen LogP contribution in [0.2, 0.25) is 0 Å². The molecule has 158 valence electrons. The summed E-state index contributed by atoms with van der Waals surface area (Å²) < 4.78 is 18.8. The largest absolute Gasteiger partial charge is 0.440 e. The Bertz CT molecular complexity index is 778. The molecule has 0 amide bonds. The number of hydrogen-bond donors (Lipinski definition) is 1. The van der Waals surface area contributed by atoms with Crippen LogP contribution in [0.1, 0.15) is 46.5 Å². The average Bonchev–Trinajstić information content (AvgIpc) is 2.93. The molecule has 8 atom stereocenters. The van der Waals surface area contributed by atoms with Crippen molar-refractivity contribution in [3.8, 4) is 0 Å². The van der Waals surface area contributed by atoms with Gasteiger partial charge in [-0.3, -0.25) is 0 Å². The molecule has 2 bridgehead atoms. The molecule has 1 aliphatic carbocycles. The smallest absolute Gasteiger partial charge is 0.263 e. The lowest BCUT2D eigenvalue weighted by Gasteiger charge is -2.60. The topological polar surface area (TPSA) is 58.2 Å². The molecule has 0 aromatic heterocycles. The van der Waals surface area contributed by atoms with Gasteiger partial charge in [0, 0.05) is 23.9 Å². The van der Waals surface area contributed by atoms with Crippen molar-refractivity contribution in [2.45, 2.75) is 70.4 Å². The van der Waals surface area contributed by atoms with Crippen LogP contribution >= 0.6 is 12.2 Å². The van der Waals surface area contributed by atoms with Crippen molar-refractivity contribution in [2.75, 3.05) is 5.32 Å². The summed E-state index contributed by atoms with van der Waals surface area (Å²) in [6.07, 6.45) is 2.97. The molecule has 4 heterocycles. The summed E-state index contributed by atoms with van der Waals surface area (Å²) in [5.41, 5.74) is 0.305. The SMILES string of the molecule is C[C@@H]1CCC2[C@@H](C)[C@@H](OC(=S)Nc3ccccc3)O[C@@H]3O[C@@]4(C)CCC1[C@@]23OO4. The summed E-state index contributed by atoms with van der Waals surface area (Å²) in [4.78, 5) is 12.0. The van der Waals surface area contributed by atoms with Gasteiger partial charge in [-0.05, 0) is 62.4 Å². The van der Waals surface area contributed by atoms with E-state index in [9.17, 15) is 0 Å². The minimum atomic E-state index is -0.786. The highest BCUT2D eigenvalue weighted by Crippen LogP contribution is 2.60. The second kappa shape index (κ2) is 7.17. The van der Waals surface area contributed by atoms with Crippen molar-refractivity contribution in [3.05, 3.63) is 30.3 Å². The molecule has 5 fully saturated rings. The van der Waals surface area contributed by atoms with Crippen LogP contribution in [0.3, 0.4) is 0 Å². The minimum absolute atomic E-state index is 0.0893. The van der Waals surface area contributed by atoms with Gasteiger partial charge in [-0.25, -0.2) is 9.78 Å². The fraction of sp³-hybridized carbons (Fsp3) is 0.682. The number of anilines is 1. The Morgan fingerprint density at radius 2 is 1.90 bits per heavy atom. The maximum Gasteiger partial charge on any atom is 0.263 e. The van der Waals surface area contributed by atoms with Crippen LogP contribution in [0.25, 0.3) is 0 Å². The standard InChI is InChI=1S/C22H29NO5S/c1-13-9-10-17-14(2)18(25-20(29)23-15-7-5-4-6-8-15)24-19-22(17)16(13)11-12-21(3,26-19)27-28-22/h4-8,13-14,16-19H,9-12H2,1-3H3,(H,23,29)/t13-,14-,16?,17?,18-,19-,21-,22-/m1/s1. The predicted molar refractivity (Wildman–Crippen MR) is 111 cm³/mol. The minimum Gasteiger partial charge on any atom is -0.440 e. The number of benzene rings is 1. The number of thiocarbonyl (C=S) groups is 1. The van der Waals surface area contributed by atoms with Crippen molar-refractivity contribution in [1.82, 2.24) is 0 Å². The van der Waals surface area contributed by atoms with Gasteiger partial charge in [0.15, 0.2) is 11.9 Å². The molecular formula is C22H29NO5S. The fourth-order valence-electron chi connectivity index (χ4n) is 5.78. The summed E-state index contributed by atoms with van der Waals surface area (Å²) in [7, 11) is 0. The lowest BCUT2D eigenvalue weighted by Crippen LogP contribution is -2.70. The van der Waals surface area contributed by atoms with E-state index in [0.717, 1.165) is 31.4 Å². The second-order valence-corrected chi connectivity index (χ2v) is 9.54. The summed E-state index contributed by atoms with van der Waals surface area (Å²) in [5.74, 6) is 0.399. The number of para-hydroxylation sites is 1. The van der Waals surface area contributed by atoms with Gasteiger partial charge in [-0.1, -0.05) is 32.0 Å². The molecule has 1 spiro atoms. The van der Waals surface area contributed by atoms with Crippen molar-refractivity contribution < 1.29 is 24.0 Å². The number of fused-ring (bicyclic) bond motifs is 2. The van der Waals surface area contributed by atoms with E-state index in [1.54, 1.807) is 0 Å². The van der Waals surface area contributed by atoms with Gasteiger partial charge in [-0.2, -0.15) is 0 Å².